The van der Waals surface area contributed by atoms with Crippen LogP contribution in [-0.2, 0) is 19.9 Å². The number of halogens is 1. The number of nitrogens with one attached hydrogen (secondary N) is 1. The summed E-state index contributed by atoms with van der Waals surface area (Å²) >= 11 is 0. The van der Waals surface area contributed by atoms with Gasteiger partial charge in [0.1, 0.15) is 0 Å². The van der Waals surface area contributed by atoms with Crippen LogP contribution in [0.5, 0.6) is 0 Å². The third kappa shape index (κ3) is 3.39. The predicted octanol–water partition coefficient (Wildman–Crippen LogP) is 4.09. The number of aliphatic hydroxyl groups excluding tert-OH is 1. The monoisotopic (exact) mass is 442 g/mol. The van der Waals surface area contributed by atoms with Gasteiger partial charge in [0.05, 0.1) is 6.10 Å². The summed E-state index contributed by atoms with van der Waals surface area (Å²) in [4.78, 5) is 26.6. The topological polar surface area (TPSA) is 78.9 Å². The van der Waals surface area contributed by atoms with Gasteiger partial charge >= 0.3 is 0 Å². The highest BCUT2D eigenvalue weighted by Gasteiger charge is 2.65. The van der Waals surface area contributed by atoms with Gasteiger partial charge in [-0.3, -0.25) is 14.5 Å². The van der Waals surface area contributed by atoms with Gasteiger partial charge in [0, 0.05) is 40.7 Å². The molecule has 2 N–H and O–H groups in total. The minimum atomic E-state index is -3.21. The van der Waals surface area contributed by atoms with Crippen LogP contribution in [0, 0.1) is 5.92 Å². The highest BCUT2D eigenvalue weighted by atomic mass is 28.4. The zero-order valence-corrected chi connectivity index (χ0v) is 18.8. The molecule has 4 rings (SSSR count). The van der Waals surface area contributed by atoms with Crippen LogP contribution >= 0.6 is 0 Å². The number of hydrogen-bond acceptors (Lipinski definition) is 4. The van der Waals surface area contributed by atoms with Crippen LogP contribution in [-0.4, -0.2) is 38.5 Å². The molecule has 1 saturated heterocycles. The molecule has 0 bridgehead atoms. The van der Waals surface area contributed by atoms with Crippen molar-refractivity contribution < 1.29 is 23.5 Å². The molecule has 0 aliphatic carbocycles. The molecule has 0 radical (unpaired) electrons. The van der Waals surface area contributed by atoms with E-state index in [1.807, 2.05) is 37.3 Å². The summed E-state index contributed by atoms with van der Waals surface area (Å²) in [5.41, 5.74) is 0.687. The van der Waals surface area contributed by atoms with E-state index in [1.165, 1.54) is 4.90 Å². The van der Waals surface area contributed by atoms with E-state index >= 15 is 4.11 Å². The van der Waals surface area contributed by atoms with Crippen molar-refractivity contribution in [2.45, 2.75) is 43.7 Å². The van der Waals surface area contributed by atoms with Crippen LogP contribution in [0.25, 0.3) is 0 Å². The summed E-state index contributed by atoms with van der Waals surface area (Å²) < 4.78 is 21.7. The van der Waals surface area contributed by atoms with E-state index in [4.69, 9.17) is 4.74 Å². The van der Waals surface area contributed by atoms with Crippen LogP contribution in [0.4, 0.5) is 21.2 Å². The molecular weight excluding hydrogens is 415 g/mol. The van der Waals surface area contributed by atoms with E-state index in [2.05, 4.69) is 5.32 Å². The van der Waals surface area contributed by atoms with E-state index in [0.29, 0.717) is 22.6 Å². The summed E-state index contributed by atoms with van der Waals surface area (Å²) in [5, 5.41) is 12.4. The largest absolute Gasteiger partial charge is 0.396 e. The van der Waals surface area contributed by atoms with Crippen molar-refractivity contribution in [1.29, 1.82) is 0 Å². The number of hydrogen-bond donors (Lipinski definition) is 2. The molecule has 31 heavy (non-hydrogen) atoms. The first-order chi connectivity index (χ1) is 14.7. The molecule has 2 aromatic rings. The maximum Gasteiger partial charge on any atom is 0.261 e. The van der Waals surface area contributed by atoms with Crippen molar-refractivity contribution in [2.75, 3.05) is 16.8 Å². The van der Waals surface area contributed by atoms with Crippen LogP contribution < -0.4 is 10.2 Å². The predicted molar refractivity (Wildman–Crippen MR) is 119 cm³/mol. The molecule has 8 heteroatoms. The third-order valence-electron chi connectivity index (χ3n) is 6.53. The Morgan fingerprint density at radius 1 is 1.23 bits per heavy atom. The molecule has 164 valence electrons. The number of ether oxygens (including phenoxy) is 1. The second-order valence-electron chi connectivity index (χ2n) is 8.78. The molecule has 2 aromatic carbocycles. The van der Waals surface area contributed by atoms with Crippen LogP contribution in [0.1, 0.15) is 18.9 Å². The Morgan fingerprint density at radius 2 is 1.94 bits per heavy atom. The minimum absolute atomic E-state index is 0.143. The Labute approximate surface area is 182 Å². The number of benzene rings is 2. The average molecular weight is 443 g/mol. The minimum Gasteiger partial charge on any atom is -0.396 e. The van der Waals surface area contributed by atoms with Crippen molar-refractivity contribution in [2.24, 2.45) is 5.92 Å². The summed E-state index contributed by atoms with van der Waals surface area (Å²) in [6, 6.07) is 14.5. The first kappa shape index (κ1) is 21.7. The molecule has 6 nitrogen and oxygen atoms in total. The number of nitrogens with zero attached hydrogens (tertiary/aromatic N) is 1. The Hall–Kier alpha value is -2.55. The summed E-state index contributed by atoms with van der Waals surface area (Å²) in [5.74, 6) is -0.748. The third-order valence-corrected chi connectivity index (χ3v) is 8.99. The Balaban J connectivity index is 1.82. The van der Waals surface area contributed by atoms with E-state index in [0.717, 1.165) is 6.41 Å². The van der Waals surface area contributed by atoms with Crippen LogP contribution in [0.15, 0.2) is 48.5 Å². The van der Waals surface area contributed by atoms with Gasteiger partial charge in [-0.1, -0.05) is 25.1 Å². The summed E-state index contributed by atoms with van der Waals surface area (Å²) in [6.45, 7) is 4.95. The molecule has 2 heterocycles. The summed E-state index contributed by atoms with van der Waals surface area (Å²) in [6.07, 6.45) is 0.439. The second-order valence-corrected chi connectivity index (χ2v) is 12.6. The molecule has 1 spiro atoms. The zero-order chi connectivity index (χ0) is 22.4. The number of aliphatic hydroxyl groups is 1. The van der Waals surface area contributed by atoms with E-state index in [1.54, 1.807) is 31.3 Å². The average Bonchev–Trinajstić information content (AvgIpc) is 3.18. The normalized spacial score (nSPS) is 27.3. The standard InChI is InChI=1S/C23H27FN2O4Si/c1-15-21(31(2,3)24)20(11-12-27)30-23(15)18-13-17(9-10-19(18)25-22(23)29)26(14-28)16-7-5-4-6-8-16/h4-10,13-15,20-21,27H,11-12H2,1-3H3,(H,25,29)/t15-,20+,21-,23+/m1/s1. The first-order valence-electron chi connectivity index (χ1n) is 10.5. The number of carbonyl (C=O) groups is 2. The van der Waals surface area contributed by atoms with Crippen LogP contribution in [0.3, 0.4) is 0 Å². The Kier molecular flexibility index (Phi) is 5.49. The SMILES string of the molecule is C[C@@H]1[C@@H]([Si](C)(C)F)[C@H](CCO)O[C@@]12C(=O)Nc1ccc(N(C=O)c3ccccc3)cc12. The van der Waals surface area contributed by atoms with Gasteiger partial charge in [-0.05, 0) is 49.8 Å². The Morgan fingerprint density at radius 3 is 2.55 bits per heavy atom. The fourth-order valence-corrected chi connectivity index (χ4v) is 7.80. The van der Waals surface area contributed by atoms with Crippen LogP contribution in [0.2, 0.25) is 18.6 Å². The number of anilines is 3. The first-order valence-corrected chi connectivity index (χ1v) is 13.4. The lowest BCUT2D eigenvalue weighted by Gasteiger charge is -2.31. The molecule has 0 unspecified atom stereocenters. The molecule has 4 atom stereocenters. The molecule has 2 amide bonds. The molecule has 2 aliphatic heterocycles. The smallest absolute Gasteiger partial charge is 0.261 e. The van der Waals surface area contributed by atoms with Crippen molar-refractivity contribution in [3.8, 4) is 0 Å². The fraction of sp³-hybridized carbons (Fsp3) is 0.391. The quantitative estimate of drug-likeness (QED) is 0.401. The maximum absolute atomic E-state index is 15.3. The maximum atomic E-state index is 15.3. The van der Waals surface area contributed by atoms with E-state index < -0.39 is 31.6 Å². The molecule has 2 aliphatic rings. The van der Waals surface area contributed by atoms with Gasteiger partial charge in [-0.2, -0.15) is 0 Å². The number of para-hydroxylation sites is 1. The van der Waals surface area contributed by atoms with Gasteiger partial charge in [-0.15, -0.1) is 0 Å². The van der Waals surface area contributed by atoms with Crippen molar-refractivity contribution in [3.05, 3.63) is 54.1 Å². The highest BCUT2D eigenvalue weighted by Crippen LogP contribution is 2.59. The highest BCUT2D eigenvalue weighted by molar-refractivity contribution is 6.72. The number of rotatable bonds is 6. The summed E-state index contributed by atoms with van der Waals surface area (Å²) in [7, 11) is -3.21. The number of carbonyl (C=O) groups excluding carboxylic acids is 2. The van der Waals surface area contributed by atoms with E-state index in [9.17, 15) is 14.7 Å². The lowest BCUT2D eigenvalue weighted by molar-refractivity contribution is -0.143. The molecular formula is C23H27FN2O4Si. The lowest BCUT2D eigenvalue weighted by Crippen LogP contribution is -2.42. The Bertz CT molecular complexity index is 997. The molecule has 1 fully saturated rings. The number of fused-ring (bicyclic) bond motifs is 2. The second kappa shape index (κ2) is 7.85. The van der Waals surface area contributed by atoms with Gasteiger partial charge in [0.2, 0.25) is 14.8 Å². The van der Waals surface area contributed by atoms with Crippen molar-refractivity contribution in [1.82, 2.24) is 0 Å². The van der Waals surface area contributed by atoms with Crippen molar-refractivity contribution >= 4 is 37.8 Å². The number of amides is 2. The zero-order valence-electron chi connectivity index (χ0n) is 17.8. The molecule has 0 aromatic heterocycles. The van der Waals surface area contributed by atoms with E-state index in [-0.39, 0.29) is 18.9 Å². The van der Waals surface area contributed by atoms with Gasteiger partial charge < -0.3 is 19.3 Å². The molecule has 0 saturated carbocycles. The van der Waals surface area contributed by atoms with Gasteiger partial charge in [-0.25, -0.2) is 0 Å². The van der Waals surface area contributed by atoms with Gasteiger partial charge in [0.15, 0.2) is 5.60 Å². The van der Waals surface area contributed by atoms with Crippen molar-refractivity contribution in [3.63, 3.8) is 0 Å². The van der Waals surface area contributed by atoms with Gasteiger partial charge in [0.25, 0.3) is 5.91 Å². The fourth-order valence-electron chi connectivity index (χ4n) is 5.26. The lowest BCUT2D eigenvalue weighted by atomic mass is 9.82.